The molecule has 0 saturated carbocycles. The van der Waals surface area contributed by atoms with E-state index < -0.39 is 23.9 Å². The summed E-state index contributed by atoms with van der Waals surface area (Å²) < 4.78 is 12.8. The highest BCUT2D eigenvalue weighted by Gasteiger charge is 2.13. The van der Waals surface area contributed by atoms with Crippen molar-refractivity contribution in [2.45, 2.75) is 19.5 Å². The maximum absolute atomic E-state index is 12.8. The second kappa shape index (κ2) is 6.20. The van der Waals surface area contributed by atoms with Crippen molar-refractivity contribution >= 4 is 23.6 Å². The summed E-state index contributed by atoms with van der Waals surface area (Å²) >= 11 is 5.76. The second-order valence-electron chi connectivity index (χ2n) is 3.62. The predicted molar refractivity (Wildman–Crippen MR) is 63.9 cm³/mol. The summed E-state index contributed by atoms with van der Waals surface area (Å²) in [4.78, 5) is 21.8. The van der Waals surface area contributed by atoms with Gasteiger partial charge in [-0.3, -0.25) is 4.79 Å². The van der Waals surface area contributed by atoms with Crippen LogP contribution in [0.5, 0.6) is 0 Å². The summed E-state index contributed by atoms with van der Waals surface area (Å²) in [6, 6.07) is 2.18. The highest BCUT2D eigenvalue weighted by atomic mass is 35.5. The first-order chi connectivity index (χ1) is 8.40. The number of halogens is 2. The van der Waals surface area contributed by atoms with E-state index in [9.17, 15) is 14.0 Å². The zero-order valence-electron chi connectivity index (χ0n) is 9.54. The van der Waals surface area contributed by atoms with E-state index in [0.29, 0.717) is 5.56 Å². The molecule has 0 aliphatic carbocycles. The summed E-state index contributed by atoms with van der Waals surface area (Å²) in [6.07, 6.45) is 0. The lowest BCUT2D eigenvalue weighted by molar-refractivity contribution is -0.138. The van der Waals surface area contributed by atoms with Crippen LogP contribution in [0.15, 0.2) is 18.2 Å². The minimum absolute atomic E-state index is 0.0806. The number of carbonyl (C=O) groups is 2. The SMILES string of the molecule is CC(NC(=O)NCc1ccc(F)cc1Cl)C(=O)O. The Balaban J connectivity index is 2.50. The molecule has 1 aromatic carbocycles. The van der Waals surface area contributed by atoms with E-state index in [1.165, 1.54) is 19.1 Å². The molecular weight excluding hydrogens is 263 g/mol. The molecule has 2 amide bonds. The fourth-order valence-corrected chi connectivity index (χ4v) is 1.38. The fourth-order valence-electron chi connectivity index (χ4n) is 1.15. The first kappa shape index (κ1) is 14.2. The summed E-state index contributed by atoms with van der Waals surface area (Å²) in [5, 5.41) is 13.4. The molecule has 0 heterocycles. The minimum Gasteiger partial charge on any atom is -0.480 e. The zero-order chi connectivity index (χ0) is 13.7. The fraction of sp³-hybridized carbons (Fsp3) is 0.273. The van der Waals surface area contributed by atoms with Gasteiger partial charge < -0.3 is 15.7 Å². The van der Waals surface area contributed by atoms with Gasteiger partial charge in [0.1, 0.15) is 11.9 Å². The van der Waals surface area contributed by atoms with E-state index in [0.717, 1.165) is 6.07 Å². The minimum atomic E-state index is -1.13. The molecule has 0 saturated heterocycles. The number of benzene rings is 1. The maximum atomic E-state index is 12.8. The smallest absolute Gasteiger partial charge is 0.325 e. The Hall–Kier alpha value is -1.82. The number of carboxylic acid groups (broad SMARTS) is 1. The van der Waals surface area contributed by atoms with E-state index in [1.807, 2.05) is 0 Å². The standard InChI is InChI=1S/C11H12ClFN2O3/c1-6(10(16)17)15-11(18)14-5-7-2-3-8(13)4-9(7)12/h2-4,6H,5H2,1H3,(H,16,17)(H2,14,15,18). The molecule has 0 fully saturated rings. The molecule has 98 valence electrons. The number of hydrogen-bond donors (Lipinski definition) is 3. The summed E-state index contributed by atoms with van der Waals surface area (Å²) in [7, 11) is 0. The van der Waals surface area contributed by atoms with Crippen LogP contribution in [0.25, 0.3) is 0 Å². The van der Waals surface area contributed by atoms with Crippen molar-refractivity contribution in [3.63, 3.8) is 0 Å². The molecular formula is C11H12ClFN2O3. The van der Waals surface area contributed by atoms with Crippen molar-refractivity contribution in [1.29, 1.82) is 0 Å². The predicted octanol–water partition coefficient (Wildman–Crippen LogP) is 1.75. The van der Waals surface area contributed by atoms with Crippen LogP contribution < -0.4 is 10.6 Å². The van der Waals surface area contributed by atoms with Gasteiger partial charge in [-0.2, -0.15) is 0 Å². The average molecular weight is 275 g/mol. The van der Waals surface area contributed by atoms with Gasteiger partial charge in [-0.1, -0.05) is 17.7 Å². The Morgan fingerprint density at radius 2 is 2.17 bits per heavy atom. The van der Waals surface area contributed by atoms with E-state index in [1.54, 1.807) is 0 Å². The summed E-state index contributed by atoms with van der Waals surface area (Å²) in [6.45, 7) is 1.42. The third-order valence-electron chi connectivity index (χ3n) is 2.17. The molecule has 5 nitrogen and oxygen atoms in total. The lowest BCUT2D eigenvalue weighted by Gasteiger charge is -2.11. The van der Waals surface area contributed by atoms with Crippen molar-refractivity contribution in [2.75, 3.05) is 0 Å². The Bertz CT molecular complexity index is 468. The number of hydrogen-bond acceptors (Lipinski definition) is 2. The zero-order valence-corrected chi connectivity index (χ0v) is 10.3. The van der Waals surface area contributed by atoms with Crippen LogP contribution in [-0.4, -0.2) is 23.1 Å². The Labute approximate surface area is 108 Å². The lowest BCUT2D eigenvalue weighted by atomic mass is 10.2. The van der Waals surface area contributed by atoms with Crippen molar-refractivity contribution in [1.82, 2.24) is 10.6 Å². The Morgan fingerprint density at radius 3 is 2.72 bits per heavy atom. The monoisotopic (exact) mass is 274 g/mol. The van der Waals surface area contributed by atoms with Gasteiger partial charge >= 0.3 is 12.0 Å². The molecule has 18 heavy (non-hydrogen) atoms. The largest absolute Gasteiger partial charge is 0.480 e. The average Bonchev–Trinajstić information content (AvgIpc) is 2.27. The van der Waals surface area contributed by atoms with E-state index in [2.05, 4.69) is 10.6 Å². The molecule has 1 aromatic rings. The summed E-state index contributed by atoms with van der Waals surface area (Å²) in [5.41, 5.74) is 0.538. The van der Waals surface area contributed by atoms with Gasteiger partial charge in [0.15, 0.2) is 0 Å². The molecule has 0 aliphatic rings. The molecule has 0 bridgehead atoms. The molecule has 7 heteroatoms. The highest BCUT2D eigenvalue weighted by Crippen LogP contribution is 2.16. The van der Waals surface area contributed by atoms with Gasteiger partial charge in [0, 0.05) is 11.6 Å². The van der Waals surface area contributed by atoms with Gasteiger partial charge in [0.25, 0.3) is 0 Å². The van der Waals surface area contributed by atoms with E-state index >= 15 is 0 Å². The van der Waals surface area contributed by atoms with Gasteiger partial charge in [0.2, 0.25) is 0 Å². The maximum Gasteiger partial charge on any atom is 0.325 e. The Morgan fingerprint density at radius 1 is 1.50 bits per heavy atom. The van der Waals surface area contributed by atoms with Crippen molar-refractivity contribution in [2.24, 2.45) is 0 Å². The van der Waals surface area contributed by atoms with Crippen LogP contribution in [0.3, 0.4) is 0 Å². The first-order valence-corrected chi connectivity index (χ1v) is 5.49. The normalized spacial score (nSPS) is 11.7. The van der Waals surface area contributed by atoms with E-state index in [-0.39, 0.29) is 11.6 Å². The summed E-state index contributed by atoms with van der Waals surface area (Å²) in [5.74, 6) is -1.60. The van der Waals surface area contributed by atoms with Crippen LogP contribution in [0.2, 0.25) is 5.02 Å². The topological polar surface area (TPSA) is 78.4 Å². The molecule has 0 aliphatic heterocycles. The van der Waals surface area contributed by atoms with Crippen LogP contribution in [0, 0.1) is 5.82 Å². The molecule has 0 radical (unpaired) electrons. The number of amides is 2. The number of rotatable bonds is 4. The van der Waals surface area contributed by atoms with E-state index in [4.69, 9.17) is 16.7 Å². The number of aliphatic carboxylic acids is 1. The van der Waals surface area contributed by atoms with Crippen LogP contribution >= 0.6 is 11.6 Å². The number of carbonyl (C=O) groups excluding carboxylic acids is 1. The third-order valence-corrected chi connectivity index (χ3v) is 2.52. The Kier molecular flexibility index (Phi) is 4.91. The highest BCUT2D eigenvalue weighted by molar-refractivity contribution is 6.31. The van der Waals surface area contributed by atoms with Crippen molar-refractivity contribution < 1.29 is 19.1 Å². The lowest BCUT2D eigenvalue weighted by Crippen LogP contribution is -2.44. The van der Waals surface area contributed by atoms with Gasteiger partial charge in [-0.15, -0.1) is 0 Å². The van der Waals surface area contributed by atoms with Gasteiger partial charge in [-0.05, 0) is 24.6 Å². The van der Waals surface area contributed by atoms with Crippen LogP contribution in [-0.2, 0) is 11.3 Å². The molecule has 3 N–H and O–H groups in total. The number of nitrogens with one attached hydrogen (secondary N) is 2. The van der Waals surface area contributed by atoms with Crippen LogP contribution in [0.4, 0.5) is 9.18 Å². The van der Waals surface area contributed by atoms with Crippen molar-refractivity contribution in [3.05, 3.63) is 34.6 Å². The van der Waals surface area contributed by atoms with Gasteiger partial charge in [0.05, 0.1) is 0 Å². The molecule has 0 aromatic heterocycles. The molecule has 1 rings (SSSR count). The quantitative estimate of drug-likeness (QED) is 0.783. The molecule has 1 unspecified atom stereocenters. The van der Waals surface area contributed by atoms with Crippen molar-refractivity contribution in [3.8, 4) is 0 Å². The number of urea groups is 1. The second-order valence-corrected chi connectivity index (χ2v) is 4.03. The van der Waals surface area contributed by atoms with Crippen LogP contribution in [0.1, 0.15) is 12.5 Å². The first-order valence-electron chi connectivity index (χ1n) is 5.11. The molecule has 1 atom stereocenters. The molecule has 0 spiro atoms. The number of carboxylic acids is 1. The van der Waals surface area contributed by atoms with Gasteiger partial charge in [-0.25, -0.2) is 9.18 Å². The third kappa shape index (κ3) is 4.21.